The highest BCUT2D eigenvalue weighted by Crippen LogP contribution is 2.23. The fraction of sp³-hybridized carbons (Fsp3) is 0.333. The minimum atomic E-state index is -0.862. The summed E-state index contributed by atoms with van der Waals surface area (Å²) in [5.41, 5.74) is 2.36. The summed E-state index contributed by atoms with van der Waals surface area (Å²) in [5.74, 6) is -1.31. The number of amides is 1. The molecule has 0 radical (unpaired) electrons. The standard InChI is InChI=1S/C24H26FN3O4/c1-13(2)20(26-22(29)18-8-6-7-14(3)11-18)24(30)31-16(5)23-27-21(28-32-23)17-10-9-15(4)19(25)12-17/h6-13,16,20H,1-5H3,(H,26,29)/t16?,20-/m0/s1. The summed E-state index contributed by atoms with van der Waals surface area (Å²) in [4.78, 5) is 29.6. The Morgan fingerprint density at radius 1 is 1.09 bits per heavy atom. The van der Waals surface area contributed by atoms with Crippen molar-refractivity contribution >= 4 is 11.9 Å². The summed E-state index contributed by atoms with van der Waals surface area (Å²) in [6.07, 6.45) is -0.851. The van der Waals surface area contributed by atoms with Crippen LogP contribution in [0, 0.1) is 25.6 Å². The van der Waals surface area contributed by atoms with Crippen LogP contribution in [0.25, 0.3) is 11.4 Å². The number of halogens is 1. The first-order chi connectivity index (χ1) is 15.2. The topological polar surface area (TPSA) is 94.3 Å². The van der Waals surface area contributed by atoms with Crippen LogP contribution in [0.15, 0.2) is 47.0 Å². The number of nitrogens with one attached hydrogen (secondary N) is 1. The molecule has 0 aliphatic rings. The van der Waals surface area contributed by atoms with E-state index in [2.05, 4.69) is 15.5 Å². The first-order valence-corrected chi connectivity index (χ1v) is 10.3. The van der Waals surface area contributed by atoms with Crippen LogP contribution in [0.1, 0.15) is 54.3 Å². The van der Waals surface area contributed by atoms with E-state index in [4.69, 9.17) is 9.26 Å². The van der Waals surface area contributed by atoms with Crippen LogP contribution >= 0.6 is 0 Å². The van der Waals surface area contributed by atoms with Gasteiger partial charge in [-0.25, -0.2) is 9.18 Å². The molecule has 0 aliphatic heterocycles. The van der Waals surface area contributed by atoms with Crippen molar-refractivity contribution in [1.82, 2.24) is 15.5 Å². The van der Waals surface area contributed by atoms with Crippen molar-refractivity contribution in [2.24, 2.45) is 5.92 Å². The first-order valence-electron chi connectivity index (χ1n) is 10.3. The minimum absolute atomic E-state index is 0.0712. The molecule has 0 fully saturated rings. The molecule has 32 heavy (non-hydrogen) atoms. The maximum atomic E-state index is 13.8. The molecule has 0 spiro atoms. The first kappa shape index (κ1) is 23.1. The van der Waals surface area contributed by atoms with Gasteiger partial charge in [-0.3, -0.25) is 4.79 Å². The molecule has 0 saturated heterocycles. The van der Waals surface area contributed by atoms with Crippen molar-refractivity contribution in [3.05, 3.63) is 70.9 Å². The van der Waals surface area contributed by atoms with Gasteiger partial charge in [0.25, 0.3) is 11.8 Å². The fourth-order valence-corrected chi connectivity index (χ4v) is 3.06. The third-order valence-electron chi connectivity index (χ3n) is 5.00. The number of aromatic nitrogens is 2. The number of nitrogens with zero attached hydrogens (tertiary/aromatic N) is 2. The lowest BCUT2D eigenvalue weighted by Crippen LogP contribution is -2.45. The van der Waals surface area contributed by atoms with Crippen molar-refractivity contribution in [1.29, 1.82) is 0 Å². The number of ether oxygens (including phenoxy) is 1. The molecule has 0 bridgehead atoms. The summed E-state index contributed by atoms with van der Waals surface area (Å²) in [6, 6.07) is 10.8. The summed E-state index contributed by atoms with van der Waals surface area (Å²) in [6.45, 7) is 8.75. The second-order valence-corrected chi connectivity index (χ2v) is 8.06. The van der Waals surface area contributed by atoms with Crippen LogP contribution in [-0.2, 0) is 9.53 Å². The Kier molecular flexibility index (Phi) is 7.02. The smallest absolute Gasteiger partial charge is 0.329 e. The Balaban J connectivity index is 1.69. The molecule has 1 heterocycles. The summed E-state index contributed by atoms with van der Waals surface area (Å²) in [7, 11) is 0. The van der Waals surface area contributed by atoms with Gasteiger partial charge in [0.2, 0.25) is 5.82 Å². The molecule has 2 aromatic carbocycles. The van der Waals surface area contributed by atoms with Crippen molar-refractivity contribution in [2.75, 3.05) is 0 Å². The van der Waals surface area contributed by atoms with Crippen molar-refractivity contribution in [3.8, 4) is 11.4 Å². The molecule has 0 aliphatic carbocycles. The summed E-state index contributed by atoms with van der Waals surface area (Å²) in [5, 5.41) is 6.59. The Morgan fingerprint density at radius 3 is 2.50 bits per heavy atom. The highest BCUT2D eigenvalue weighted by Gasteiger charge is 2.29. The Bertz CT molecular complexity index is 1130. The lowest BCUT2D eigenvalue weighted by molar-refractivity contribution is -0.153. The number of rotatable bonds is 7. The molecular weight excluding hydrogens is 413 g/mol. The molecule has 8 heteroatoms. The molecule has 1 amide bonds. The molecule has 2 atom stereocenters. The zero-order chi connectivity index (χ0) is 23.4. The number of carbonyl (C=O) groups is 2. The molecule has 3 rings (SSSR count). The molecule has 168 valence electrons. The molecule has 1 aromatic heterocycles. The predicted molar refractivity (Wildman–Crippen MR) is 116 cm³/mol. The normalized spacial score (nSPS) is 13.0. The lowest BCUT2D eigenvalue weighted by Gasteiger charge is -2.22. The summed E-state index contributed by atoms with van der Waals surface area (Å²) >= 11 is 0. The average Bonchev–Trinajstić information content (AvgIpc) is 3.24. The molecular formula is C24H26FN3O4. The van der Waals surface area contributed by atoms with Gasteiger partial charge in [0.05, 0.1) is 0 Å². The van der Waals surface area contributed by atoms with E-state index in [-0.39, 0.29) is 29.4 Å². The Hall–Kier alpha value is -3.55. The van der Waals surface area contributed by atoms with E-state index in [1.54, 1.807) is 44.2 Å². The van der Waals surface area contributed by atoms with Gasteiger partial charge in [0, 0.05) is 11.1 Å². The number of benzene rings is 2. The van der Waals surface area contributed by atoms with Gasteiger partial charge in [-0.1, -0.05) is 48.8 Å². The van der Waals surface area contributed by atoms with Crippen molar-refractivity contribution < 1.29 is 23.2 Å². The third kappa shape index (κ3) is 5.38. The van der Waals surface area contributed by atoms with Crippen LogP contribution in [-0.4, -0.2) is 28.1 Å². The van der Waals surface area contributed by atoms with Crippen LogP contribution in [0.2, 0.25) is 0 Å². The summed E-state index contributed by atoms with van der Waals surface area (Å²) < 4.78 is 24.5. The van der Waals surface area contributed by atoms with Crippen LogP contribution in [0.3, 0.4) is 0 Å². The van der Waals surface area contributed by atoms with Gasteiger partial charge in [-0.15, -0.1) is 0 Å². The SMILES string of the molecule is Cc1cccc(C(=O)N[C@H](C(=O)OC(C)c2nc(-c3ccc(C)c(F)c3)no2)C(C)C)c1. The maximum absolute atomic E-state index is 13.8. The number of hydrogen-bond acceptors (Lipinski definition) is 6. The number of aryl methyl sites for hydroxylation is 2. The van der Waals surface area contributed by atoms with Crippen LogP contribution < -0.4 is 5.32 Å². The van der Waals surface area contributed by atoms with E-state index in [1.165, 1.54) is 6.07 Å². The second kappa shape index (κ2) is 9.72. The largest absolute Gasteiger partial charge is 0.451 e. The van der Waals surface area contributed by atoms with E-state index < -0.39 is 18.1 Å². The van der Waals surface area contributed by atoms with E-state index in [1.807, 2.05) is 26.8 Å². The molecule has 3 aromatic rings. The molecule has 1 unspecified atom stereocenters. The lowest BCUT2D eigenvalue weighted by atomic mass is 10.0. The molecule has 1 N–H and O–H groups in total. The van der Waals surface area contributed by atoms with Gasteiger partial charge in [0.1, 0.15) is 11.9 Å². The van der Waals surface area contributed by atoms with E-state index in [0.717, 1.165) is 5.56 Å². The van der Waals surface area contributed by atoms with Gasteiger partial charge in [-0.2, -0.15) is 4.98 Å². The van der Waals surface area contributed by atoms with Gasteiger partial charge < -0.3 is 14.6 Å². The molecule has 0 saturated carbocycles. The molecule has 7 nitrogen and oxygen atoms in total. The predicted octanol–water partition coefficient (Wildman–Crippen LogP) is 4.55. The Morgan fingerprint density at radius 2 is 1.84 bits per heavy atom. The Labute approximate surface area is 186 Å². The highest BCUT2D eigenvalue weighted by molar-refractivity contribution is 5.97. The second-order valence-electron chi connectivity index (χ2n) is 8.06. The van der Waals surface area contributed by atoms with E-state index in [0.29, 0.717) is 16.7 Å². The quantitative estimate of drug-likeness (QED) is 0.543. The van der Waals surface area contributed by atoms with Crippen LogP contribution in [0.4, 0.5) is 4.39 Å². The van der Waals surface area contributed by atoms with Crippen LogP contribution in [0.5, 0.6) is 0 Å². The van der Waals surface area contributed by atoms with Crippen molar-refractivity contribution in [3.63, 3.8) is 0 Å². The zero-order valence-corrected chi connectivity index (χ0v) is 18.7. The number of esters is 1. The zero-order valence-electron chi connectivity index (χ0n) is 18.7. The van der Waals surface area contributed by atoms with E-state index in [9.17, 15) is 14.0 Å². The number of hydrogen-bond donors (Lipinski definition) is 1. The van der Waals surface area contributed by atoms with Gasteiger partial charge >= 0.3 is 5.97 Å². The van der Waals surface area contributed by atoms with Gasteiger partial charge in [0.15, 0.2) is 6.10 Å². The number of carbonyl (C=O) groups excluding carboxylic acids is 2. The maximum Gasteiger partial charge on any atom is 0.329 e. The highest BCUT2D eigenvalue weighted by atomic mass is 19.1. The third-order valence-corrected chi connectivity index (χ3v) is 5.00. The van der Waals surface area contributed by atoms with Gasteiger partial charge in [-0.05, 0) is 50.5 Å². The minimum Gasteiger partial charge on any atom is -0.451 e. The van der Waals surface area contributed by atoms with Crippen molar-refractivity contribution in [2.45, 2.75) is 46.8 Å². The van der Waals surface area contributed by atoms with E-state index >= 15 is 0 Å². The fourth-order valence-electron chi connectivity index (χ4n) is 3.06. The monoisotopic (exact) mass is 439 g/mol. The average molecular weight is 439 g/mol.